The number of sulfone groups is 1. The topological polar surface area (TPSA) is 66.5 Å². The average molecular weight is 381 g/mol. The predicted molar refractivity (Wildman–Crippen MR) is 100 cm³/mol. The Kier molecular flexibility index (Phi) is 8.50. The fraction of sp³-hybridized carbons (Fsp3) is 0.941. The van der Waals surface area contributed by atoms with Crippen LogP contribution in [0.15, 0.2) is 0 Å². The highest BCUT2D eigenvalue weighted by Gasteiger charge is 2.43. The first-order chi connectivity index (χ1) is 10.9. The van der Waals surface area contributed by atoms with E-state index in [2.05, 4.69) is 5.32 Å². The lowest BCUT2D eigenvalue weighted by Crippen LogP contribution is -2.52. The number of halogens is 1. The van der Waals surface area contributed by atoms with Gasteiger partial charge in [0.2, 0.25) is 5.91 Å². The summed E-state index contributed by atoms with van der Waals surface area (Å²) in [6.07, 6.45) is 6.30. The highest BCUT2D eigenvalue weighted by molar-refractivity contribution is 7.93. The molecular formula is C17H33ClN2O3S. The number of hydrogen-bond acceptors (Lipinski definition) is 4. The van der Waals surface area contributed by atoms with Gasteiger partial charge in [0, 0.05) is 19.1 Å². The summed E-state index contributed by atoms with van der Waals surface area (Å²) < 4.78 is 26.1. The number of amides is 1. The van der Waals surface area contributed by atoms with E-state index >= 15 is 0 Å². The third-order valence-corrected chi connectivity index (χ3v) is 8.29. The molecule has 24 heavy (non-hydrogen) atoms. The lowest BCUT2D eigenvalue weighted by Gasteiger charge is -2.36. The van der Waals surface area contributed by atoms with E-state index in [4.69, 9.17) is 0 Å². The van der Waals surface area contributed by atoms with Crippen molar-refractivity contribution in [2.45, 2.75) is 75.3 Å². The van der Waals surface area contributed by atoms with Crippen molar-refractivity contribution in [1.29, 1.82) is 0 Å². The van der Waals surface area contributed by atoms with E-state index in [1.807, 2.05) is 20.9 Å². The van der Waals surface area contributed by atoms with E-state index < -0.39 is 15.1 Å². The molecule has 1 saturated carbocycles. The van der Waals surface area contributed by atoms with Crippen LogP contribution in [-0.2, 0) is 14.6 Å². The molecule has 0 bridgehead atoms. The lowest BCUT2D eigenvalue weighted by atomic mass is 10.0. The number of carbonyl (C=O) groups is 1. The Morgan fingerprint density at radius 2 is 1.58 bits per heavy atom. The number of likely N-dealkylation sites (tertiary alicyclic amines) is 1. The minimum absolute atomic E-state index is 0. The zero-order valence-electron chi connectivity index (χ0n) is 15.2. The molecule has 1 amide bonds. The monoisotopic (exact) mass is 380 g/mol. The summed E-state index contributed by atoms with van der Waals surface area (Å²) in [5.74, 6) is -0.337. The van der Waals surface area contributed by atoms with Gasteiger partial charge in [-0.15, -0.1) is 12.4 Å². The Morgan fingerprint density at radius 3 is 2.04 bits per heavy atom. The Labute approximate surface area is 153 Å². The molecule has 2 fully saturated rings. The van der Waals surface area contributed by atoms with Crippen LogP contribution in [-0.4, -0.2) is 55.9 Å². The minimum atomic E-state index is -3.40. The smallest absolute Gasteiger partial charge is 0.241 e. The second kappa shape index (κ2) is 9.39. The van der Waals surface area contributed by atoms with Gasteiger partial charge in [0.15, 0.2) is 9.84 Å². The van der Waals surface area contributed by atoms with Gasteiger partial charge in [-0.05, 0) is 38.6 Å². The number of piperidine rings is 1. The Hall–Kier alpha value is -0.330. The van der Waals surface area contributed by atoms with Crippen LogP contribution in [0.5, 0.6) is 0 Å². The lowest BCUT2D eigenvalue weighted by molar-refractivity contribution is -0.132. The third-order valence-electron chi connectivity index (χ3n) is 5.43. The van der Waals surface area contributed by atoms with Crippen LogP contribution in [0.4, 0.5) is 0 Å². The highest BCUT2D eigenvalue weighted by atomic mass is 35.5. The zero-order chi connectivity index (χ0) is 17.0. The molecule has 7 heteroatoms. The largest absolute Gasteiger partial charge is 0.341 e. The molecule has 5 nitrogen and oxygen atoms in total. The van der Waals surface area contributed by atoms with Gasteiger partial charge in [-0.3, -0.25) is 4.79 Å². The van der Waals surface area contributed by atoms with Gasteiger partial charge in [-0.2, -0.15) is 0 Å². The predicted octanol–water partition coefficient (Wildman–Crippen LogP) is 2.39. The minimum Gasteiger partial charge on any atom is -0.341 e. The molecule has 1 atom stereocenters. The maximum absolute atomic E-state index is 13.1. The van der Waals surface area contributed by atoms with Crippen molar-refractivity contribution in [3.05, 3.63) is 0 Å². The van der Waals surface area contributed by atoms with E-state index in [-0.39, 0.29) is 29.5 Å². The SMILES string of the molecule is CNC1CCN(C(=O)C(C(C)C)S(=O)(=O)C2CCCCC2)CC1.Cl. The number of nitrogens with zero attached hydrogens (tertiary/aromatic N) is 1. The van der Waals surface area contributed by atoms with Crippen LogP contribution >= 0.6 is 12.4 Å². The summed E-state index contributed by atoms with van der Waals surface area (Å²) in [4.78, 5) is 14.7. The molecule has 1 unspecified atom stereocenters. The van der Waals surface area contributed by atoms with Gasteiger partial charge >= 0.3 is 0 Å². The van der Waals surface area contributed by atoms with Gasteiger partial charge in [0.1, 0.15) is 5.25 Å². The number of carbonyl (C=O) groups excluding carboxylic acids is 1. The molecule has 0 aromatic carbocycles. The van der Waals surface area contributed by atoms with E-state index in [1.165, 1.54) is 0 Å². The molecule has 1 aliphatic heterocycles. The van der Waals surface area contributed by atoms with Crippen LogP contribution in [0.25, 0.3) is 0 Å². The zero-order valence-corrected chi connectivity index (χ0v) is 16.8. The standard InChI is InChI=1S/C17H32N2O3S.ClH/c1-13(2)16(23(21,22)15-7-5-4-6-8-15)17(20)19-11-9-14(18-3)10-12-19;/h13-16,18H,4-12H2,1-3H3;1H. The Bertz CT molecular complexity index is 496. The Morgan fingerprint density at radius 1 is 1.04 bits per heavy atom. The quantitative estimate of drug-likeness (QED) is 0.795. The maximum atomic E-state index is 13.1. The Balaban J connectivity index is 0.00000288. The molecule has 0 aromatic rings. The number of hydrogen-bond donors (Lipinski definition) is 1. The summed E-state index contributed by atoms with van der Waals surface area (Å²) in [5, 5.41) is 2.06. The molecule has 0 spiro atoms. The molecule has 1 aliphatic carbocycles. The van der Waals surface area contributed by atoms with Gasteiger partial charge in [-0.1, -0.05) is 33.1 Å². The van der Waals surface area contributed by atoms with Crippen molar-refractivity contribution in [3.63, 3.8) is 0 Å². The van der Waals surface area contributed by atoms with Crippen LogP contribution in [0.2, 0.25) is 0 Å². The van der Waals surface area contributed by atoms with Gasteiger partial charge in [0.05, 0.1) is 5.25 Å². The highest BCUT2D eigenvalue weighted by Crippen LogP contribution is 2.30. The van der Waals surface area contributed by atoms with Crippen LogP contribution < -0.4 is 5.32 Å². The molecule has 0 radical (unpaired) electrons. The molecule has 0 aromatic heterocycles. The first kappa shape index (κ1) is 21.7. The molecule has 2 aliphatic rings. The third kappa shape index (κ3) is 4.85. The maximum Gasteiger partial charge on any atom is 0.241 e. The number of rotatable bonds is 5. The van der Waals surface area contributed by atoms with Crippen molar-refractivity contribution in [2.24, 2.45) is 5.92 Å². The van der Waals surface area contributed by atoms with Crippen molar-refractivity contribution in [1.82, 2.24) is 10.2 Å². The van der Waals surface area contributed by atoms with Gasteiger partial charge in [0.25, 0.3) is 0 Å². The summed E-state index contributed by atoms with van der Waals surface area (Å²) in [7, 11) is -1.46. The summed E-state index contributed by atoms with van der Waals surface area (Å²) in [6, 6.07) is 0.437. The van der Waals surface area contributed by atoms with Gasteiger partial charge in [-0.25, -0.2) is 8.42 Å². The van der Waals surface area contributed by atoms with Crippen LogP contribution in [0.1, 0.15) is 58.8 Å². The fourth-order valence-electron chi connectivity index (χ4n) is 3.97. The first-order valence-electron chi connectivity index (χ1n) is 9.06. The van der Waals surface area contributed by atoms with E-state index in [9.17, 15) is 13.2 Å². The van der Waals surface area contributed by atoms with E-state index in [1.54, 1.807) is 4.90 Å². The number of nitrogens with one attached hydrogen (secondary N) is 1. The second-order valence-electron chi connectivity index (χ2n) is 7.40. The summed E-state index contributed by atoms with van der Waals surface area (Å²) >= 11 is 0. The first-order valence-corrected chi connectivity index (χ1v) is 10.7. The molecular weight excluding hydrogens is 348 g/mol. The molecule has 1 saturated heterocycles. The molecule has 2 rings (SSSR count). The average Bonchev–Trinajstić information content (AvgIpc) is 2.55. The van der Waals surface area contributed by atoms with Gasteiger partial charge < -0.3 is 10.2 Å². The fourth-order valence-corrected chi connectivity index (χ4v) is 6.57. The van der Waals surface area contributed by atoms with Crippen LogP contribution in [0, 0.1) is 5.92 Å². The van der Waals surface area contributed by atoms with Crippen molar-refractivity contribution < 1.29 is 13.2 Å². The summed E-state index contributed by atoms with van der Waals surface area (Å²) in [6.45, 7) is 5.05. The van der Waals surface area contributed by atoms with Crippen molar-refractivity contribution in [2.75, 3.05) is 20.1 Å². The van der Waals surface area contributed by atoms with Crippen molar-refractivity contribution >= 4 is 28.2 Å². The molecule has 1 heterocycles. The molecule has 1 N–H and O–H groups in total. The summed E-state index contributed by atoms with van der Waals surface area (Å²) in [5.41, 5.74) is 0. The van der Waals surface area contributed by atoms with E-state index in [0.29, 0.717) is 19.1 Å². The normalized spacial score (nSPS) is 22.2. The van der Waals surface area contributed by atoms with Crippen LogP contribution in [0.3, 0.4) is 0 Å². The molecule has 142 valence electrons. The van der Waals surface area contributed by atoms with Crippen molar-refractivity contribution in [3.8, 4) is 0 Å². The second-order valence-corrected chi connectivity index (χ2v) is 9.75. The van der Waals surface area contributed by atoms with E-state index in [0.717, 1.165) is 44.9 Å².